The first kappa shape index (κ1) is 24.6. The number of hydrogen-bond acceptors (Lipinski definition) is 9. The van der Waals surface area contributed by atoms with Gasteiger partial charge in [0.1, 0.15) is 17.3 Å². The van der Waals surface area contributed by atoms with Crippen LogP contribution in [0.3, 0.4) is 0 Å². The third-order valence-electron chi connectivity index (χ3n) is 5.10. The number of hydrogen-bond donors (Lipinski definition) is 0. The molecule has 4 rings (SSSR count). The zero-order valence-corrected chi connectivity index (χ0v) is 20.3. The molecule has 0 spiro atoms. The zero-order valence-electron chi connectivity index (χ0n) is 18.7. The molecule has 3 aromatic rings. The number of carbonyl (C=O) groups excluding carboxylic acids is 2. The monoisotopic (exact) mass is 516 g/mol. The lowest BCUT2D eigenvalue weighted by Gasteiger charge is -2.16. The summed E-state index contributed by atoms with van der Waals surface area (Å²) in [4.78, 5) is 25.4. The third kappa shape index (κ3) is 5.92. The van der Waals surface area contributed by atoms with Gasteiger partial charge < -0.3 is 9.47 Å². The van der Waals surface area contributed by atoms with Crippen LogP contribution in [0.4, 0.5) is 0 Å². The Kier molecular flexibility index (Phi) is 7.27. The van der Waals surface area contributed by atoms with Crippen molar-refractivity contribution in [3.05, 3.63) is 64.9 Å². The summed E-state index contributed by atoms with van der Waals surface area (Å²) in [5.74, 6) is -0.449. The van der Waals surface area contributed by atoms with Crippen LogP contribution >= 0.6 is 11.6 Å². The zero-order chi connectivity index (χ0) is 25.0. The largest absolute Gasteiger partial charge is 0.489 e. The van der Waals surface area contributed by atoms with Gasteiger partial charge in [0.15, 0.2) is 21.4 Å². The number of sulfone groups is 1. The van der Waals surface area contributed by atoms with E-state index >= 15 is 0 Å². The maximum atomic E-state index is 12.7. The summed E-state index contributed by atoms with van der Waals surface area (Å²) in [6, 6.07) is 11.8. The molecule has 0 N–H and O–H groups in total. The number of halogens is 1. The molecule has 0 amide bonds. The minimum absolute atomic E-state index is 0.0506. The highest BCUT2D eigenvalue weighted by molar-refractivity contribution is 7.90. The first-order valence-corrected chi connectivity index (χ1v) is 12.9. The number of benzene rings is 2. The predicted octanol–water partition coefficient (Wildman–Crippen LogP) is 3.27. The van der Waals surface area contributed by atoms with Crippen molar-refractivity contribution in [3.8, 4) is 17.1 Å². The number of ether oxygens (including phenoxy) is 2. The summed E-state index contributed by atoms with van der Waals surface area (Å²) in [7, 11) is -3.73. The normalized spacial score (nSPS) is 13.9. The fraction of sp³-hybridized carbons (Fsp3) is 0.261. The predicted molar refractivity (Wildman–Crippen MR) is 126 cm³/mol. The van der Waals surface area contributed by atoms with E-state index in [1.165, 1.54) is 23.0 Å². The van der Waals surface area contributed by atoms with Crippen molar-refractivity contribution >= 4 is 33.2 Å². The van der Waals surface area contributed by atoms with E-state index in [0.29, 0.717) is 25.1 Å². The van der Waals surface area contributed by atoms with Crippen molar-refractivity contribution in [1.29, 1.82) is 0 Å². The van der Waals surface area contributed by atoms with Crippen LogP contribution in [-0.4, -0.2) is 53.2 Å². The van der Waals surface area contributed by atoms with Gasteiger partial charge in [-0.05, 0) is 23.8 Å². The van der Waals surface area contributed by atoms with Crippen molar-refractivity contribution < 1.29 is 27.5 Å². The van der Waals surface area contributed by atoms with Crippen molar-refractivity contribution in [3.63, 3.8) is 0 Å². The molecule has 0 fully saturated rings. The molecule has 1 aromatic heterocycles. The molecule has 1 aliphatic carbocycles. The van der Waals surface area contributed by atoms with Gasteiger partial charge in [0.25, 0.3) is 0 Å². The van der Waals surface area contributed by atoms with Gasteiger partial charge in [0.2, 0.25) is 5.82 Å². The number of ketones is 1. The minimum atomic E-state index is -3.73. The molecule has 0 radical (unpaired) electrons. The summed E-state index contributed by atoms with van der Waals surface area (Å²) < 4.78 is 35.6. The Morgan fingerprint density at radius 3 is 2.63 bits per heavy atom. The van der Waals surface area contributed by atoms with Crippen LogP contribution in [0.1, 0.15) is 29.6 Å². The lowest BCUT2D eigenvalue weighted by atomic mass is 10.1. The van der Waals surface area contributed by atoms with E-state index in [1.807, 2.05) is 30.3 Å². The van der Waals surface area contributed by atoms with Gasteiger partial charge in [-0.15, -0.1) is 10.2 Å². The topological polar surface area (TPSA) is 130 Å². The number of rotatable bonds is 8. The van der Waals surface area contributed by atoms with Gasteiger partial charge in [0, 0.05) is 30.7 Å². The van der Waals surface area contributed by atoms with Gasteiger partial charge in [0.05, 0.1) is 17.1 Å². The van der Waals surface area contributed by atoms with E-state index in [9.17, 15) is 18.0 Å². The van der Waals surface area contributed by atoms with Gasteiger partial charge in [-0.1, -0.05) is 41.9 Å². The molecular weight excluding hydrogens is 496 g/mol. The number of carbonyl (C=O) groups is 2. The highest BCUT2D eigenvalue weighted by Crippen LogP contribution is 2.36. The van der Waals surface area contributed by atoms with E-state index in [1.54, 1.807) is 0 Å². The Hall–Kier alpha value is -3.57. The number of tetrazole rings is 1. The number of allylic oxidation sites excluding steroid dienone is 2. The summed E-state index contributed by atoms with van der Waals surface area (Å²) >= 11 is 6.40. The van der Waals surface area contributed by atoms with Gasteiger partial charge >= 0.3 is 5.97 Å². The summed E-state index contributed by atoms with van der Waals surface area (Å²) in [6.45, 7) is 0.0913. The molecule has 0 unspecified atom stereocenters. The Bertz CT molecular complexity index is 1400. The summed E-state index contributed by atoms with van der Waals surface area (Å²) in [5, 5.41) is 12.0. The standard InChI is InChI=1S/C23H21ClN4O6S/c1-35(31,32)19-11-10-18(23(30)34-17-9-5-8-16(29)14-17)20(24)21(19)33-13-12-28-26-22(25-27-28)15-6-3-2-4-7-15/h2-4,6-7,10-11,14H,5,8-9,12-13H2,1H3. The van der Waals surface area contributed by atoms with Crippen LogP contribution in [0, 0.1) is 0 Å². The lowest BCUT2D eigenvalue weighted by molar-refractivity contribution is -0.115. The van der Waals surface area contributed by atoms with E-state index in [0.717, 1.165) is 11.8 Å². The Labute approximate surface area is 206 Å². The molecule has 1 aliphatic rings. The van der Waals surface area contributed by atoms with Crippen LogP contribution in [-0.2, 0) is 25.9 Å². The highest BCUT2D eigenvalue weighted by Gasteiger charge is 2.25. The molecule has 35 heavy (non-hydrogen) atoms. The maximum absolute atomic E-state index is 12.7. The Morgan fingerprint density at radius 2 is 1.91 bits per heavy atom. The molecule has 2 aromatic carbocycles. The van der Waals surface area contributed by atoms with Crippen LogP contribution in [0.2, 0.25) is 5.02 Å². The van der Waals surface area contributed by atoms with Crippen LogP contribution < -0.4 is 4.74 Å². The SMILES string of the molecule is CS(=O)(=O)c1ccc(C(=O)OC2=CC(=O)CCC2)c(Cl)c1OCCn1nnc(-c2ccccc2)n1. The molecule has 0 bridgehead atoms. The van der Waals surface area contributed by atoms with Crippen LogP contribution in [0.25, 0.3) is 11.4 Å². The molecule has 0 saturated heterocycles. The second-order valence-electron chi connectivity index (χ2n) is 7.77. The third-order valence-corrected chi connectivity index (χ3v) is 6.59. The van der Waals surface area contributed by atoms with Crippen molar-refractivity contribution in [2.75, 3.05) is 12.9 Å². The average molecular weight is 517 g/mol. The van der Waals surface area contributed by atoms with Crippen LogP contribution in [0.5, 0.6) is 5.75 Å². The van der Waals surface area contributed by atoms with E-state index in [2.05, 4.69) is 15.4 Å². The molecule has 10 nitrogen and oxygen atoms in total. The van der Waals surface area contributed by atoms with Crippen molar-refractivity contribution in [1.82, 2.24) is 20.2 Å². The summed E-state index contributed by atoms with van der Waals surface area (Å²) in [6.07, 6.45) is 3.71. The second kappa shape index (κ2) is 10.4. The van der Waals surface area contributed by atoms with E-state index in [4.69, 9.17) is 21.1 Å². The quantitative estimate of drug-likeness (QED) is 0.414. The smallest absolute Gasteiger partial charge is 0.344 e. The molecule has 1 heterocycles. The molecule has 0 atom stereocenters. The summed E-state index contributed by atoms with van der Waals surface area (Å²) in [5.41, 5.74) is 0.710. The maximum Gasteiger partial charge on any atom is 0.344 e. The second-order valence-corrected chi connectivity index (χ2v) is 10.1. The van der Waals surface area contributed by atoms with E-state index < -0.39 is 15.8 Å². The van der Waals surface area contributed by atoms with Gasteiger partial charge in [-0.25, -0.2) is 13.2 Å². The molecule has 0 aliphatic heterocycles. The molecular formula is C23H21ClN4O6S. The van der Waals surface area contributed by atoms with Crippen molar-refractivity contribution in [2.45, 2.75) is 30.7 Å². The first-order chi connectivity index (χ1) is 16.7. The van der Waals surface area contributed by atoms with Crippen molar-refractivity contribution in [2.24, 2.45) is 0 Å². The Morgan fingerprint density at radius 1 is 1.14 bits per heavy atom. The fourth-order valence-corrected chi connectivity index (χ4v) is 4.57. The first-order valence-electron chi connectivity index (χ1n) is 10.7. The lowest BCUT2D eigenvalue weighted by Crippen LogP contribution is -2.15. The van der Waals surface area contributed by atoms with Crippen LogP contribution in [0.15, 0.2) is 59.2 Å². The Balaban J connectivity index is 1.52. The minimum Gasteiger partial charge on any atom is -0.489 e. The average Bonchev–Trinajstić information content (AvgIpc) is 3.29. The van der Waals surface area contributed by atoms with Gasteiger partial charge in [-0.3, -0.25) is 4.79 Å². The van der Waals surface area contributed by atoms with E-state index in [-0.39, 0.29) is 45.9 Å². The number of esters is 1. The molecule has 182 valence electrons. The number of nitrogens with zero attached hydrogens (tertiary/aromatic N) is 4. The molecule has 0 saturated carbocycles. The highest BCUT2D eigenvalue weighted by atomic mass is 35.5. The molecule has 12 heteroatoms. The number of aromatic nitrogens is 4. The fourth-order valence-electron chi connectivity index (χ4n) is 3.41. The van der Waals surface area contributed by atoms with Gasteiger partial charge in [-0.2, -0.15) is 4.80 Å².